The van der Waals surface area contributed by atoms with E-state index in [1.165, 1.54) is 25.3 Å². The Kier molecular flexibility index (Phi) is 5.83. The number of carbonyl (C=O) groups is 2. The van der Waals surface area contributed by atoms with Crippen LogP contribution in [-0.2, 0) is 4.79 Å². The van der Waals surface area contributed by atoms with Gasteiger partial charge in [0.05, 0.1) is 10.5 Å². The van der Waals surface area contributed by atoms with Gasteiger partial charge in [0.15, 0.2) is 0 Å². The summed E-state index contributed by atoms with van der Waals surface area (Å²) in [5.74, 6) is -0.449. The summed E-state index contributed by atoms with van der Waals surface area (Å²) in [6.07, 6.45) is 2.58. The molecule has 3 N–H and O–H groups in total. The lowest BCUT2D eigenvalue weighted by atomic mass is 10.1. The van der Waals surface area contributed by atoms with Gasteiger partial charge < -0.3 is 16.0 Å². The highest BCUT2D eigenvalue weighted by Crippen LogP contribution is 2.19. The molecule has 0 radical (unpaired) electrons. The van der Waals surface area contributed by atoms with Crippen molar-refractivity contribution in [2.45, 2.75) is 0 Å². The van der Waals surface area contributed by atoms with Crippen molar-refractivity contribution in [2.24, 2.45) is 0 Å². The van der Waals surface area contributed by atoms with Gasteiger partial charge in [-0.15, -0.1) is 0 Å². The molecule has 0 aliphatic heterocycles. The van der Waals surface area contributed by atoms with Crippen LogP contribution in [0, 0.1) is 10.1 Å². The van der Waals surface area contributed by atoms with Crippen molar-refractivity contribution < 1.29 is 14.5 Å². The van der Waals surface area contributed by atoms with Crippen LogP contribution in [0.5, 0.6) is 0 Å². The van der Waals surface area contributed by atoms with Crippen LogP contribution in [0.2, 0.25) is 0 Å². The summed E-state index contributed by atoms with van der Waals surface area (Å²) in [6.45, 7) is 0. The second-order valence-electron chi connectivity index (χ2n) is 4.92. The molecular formula is C17H16N4O4. The number of hydrogen-bond donors (Lipinski definition) is 3. The zero-order chi connectivity index (χ0) is 18.2. The second kappa shape index (κ2) is 8.25. The number of anilines is 2. The number of carbonyl (C=O) groups excluding carboxylic acids is 2. The first-order chi connectivity index (χ1) is 12.0. The number of para-hydroxylation sites is 1. The van der Waals surface area contributed by atoms with Crippen LogP contribution >= 0.6 is 0 Å². The third-order valence-electron chi connectivity index (χ3n) is 3.16. The lowest BCUT2D eigenvalue weighted by Crippen LogP contribution is -2.24. The molecule has 8 nitrogen and oxygen atoms in total. The number of hydrogen-bond acceptors (Lipinski definition) is 4. The quantitative estimate of drug-likeness (QED) is 0.441. The molecule has 0 unspecified atom stereocenters. The van der Waals surface area contributed by atoms with E-state index in [2.05, 4.69) is 16.0 Å². The smallest absolute Gasteiger partial charge is 0.318 e. The van der Waals surface area contributed by atoms with E-state index in [0.29, 0.717) is 16.9 Å². The number of nitrogens with zero attached hydrogens (tertiary/aromatic N) is 1. The van der Waals surface area contributed by atoms with Crippen LogP contribution < -0.4 is 16.0 Å². The molecule has 128 valence electrons. The molecule has 0 aliphatic rings. The molecule has 0 saturated carbocycles. The molecular weight excluding hydrogens is 324 g/mol. The van der Waals surface area contributed by atoms with Gasteiger partial charge in [-0.1, -0.05) is 18.2 Å². The molecule has 2 rings (SSSR count). The number of nitro benzene ring substituents is 1. The van der Waals surface area contributed by atoms with Gasteiger partial charge in [-0.25, -0.2) is 4.79 Å². The van der Waals surface area contributed by atoms with Crippen LogP contribution in [0.25, 0.3) is 6.08 Å². The van der Waals surface area contributed by atoms with Crippen LogP contribution in [0.3, 0.4) is 0 Å². The zero-order valence-electron chi connectivity index (χ0n) is 13.4. The van der Waals surface area contributed by atoms with Crippen molar-refractivity contribution in [3.05, 3.63) is 70.3 Å². The Labute approximate surface area is 143 Å². The van der Waals surface area contributed by atoms with Gasteiger partial charge in [-0.05, 0) is 30.3 Å². The van der Waals surface area contributed by atoms with Crippen LogP contribution in [0.1, 0.15) is 5.56 Å². The molecule has 2 aromatic carbocycles. The van der Waals surface area contributed by atoms with Gasteiger partial charge >= 0.3 is 6.03 Å². The third kappa shape index (κ3) is 5.17. The van der Waals surface area contributed by atoms with Gasteiger partial charge in [0, 0.05) is 30.6 Å². The molecule has 0 aromatic heterocycles. The molecule has 0 aliphatic carbocycles. The number of amides is 3. The zero-order valence-corrected chi connectivity index (χ0v) is 13.4. The average molecular weight is 340 g/mol. The summed E-state index contributed by atoms with van der Waals surface area (Å²) in [4.78, 5) is 33.7. The van der Waals surface area contributed by atoms with Crippen molar-refractivity contribution in [3.8, 4) is 0 Å². The highest BCUT2D eigenvalue weighted by Gasteiger charge is 2.10. The molecule has 2 aromatic rings. The average Bonchev–Trinajstić information content (AvgIpc) is 2.60. The Morgan fingerprint density at radius 1 is 1.04 bits per heavy atom. The van der Waals surface area contributed by atoms with E-state index in [0.717, 1.165) is 0 Å². The molecule has 3 amide bonds. The van der Waals surface area contributed by atoms with Gasteiger partial charge in [0.2, 0.25) is 5.91 Å². The Bertz CT molecular complexity index is 833. The summed E-state index contributed by atoms with van der Waals surface area (Å²) >= 11 is 0. The topological polar surface area (TPSA) is 113 Å². The van der Waals surface area contributed by atoms with E-state index >= 15 is 0 Å². The number of nitro groups is 1. The highest BCUT2D eigenvalue weighted by molar-refractivity contribution is 6.02. The largest absolute Gasteiger partial charge is 0.341 e. The molecule has 25 heavy (non-hydrogen) atoms. The molecule has 0 fully saturated rings. The molecule has 0 bridgehead atoms. The maximum atomic E-state index is 12.0. The monoisotopic (exact) mass is 340 g/mol. The number of benzene rings is 2. The number of rotatable bonds is 5. The second-order valence-corrected chi connectivity index (χ2v) is 4.92. The van der Waals surface area contributed by atoms with Gasteiger partial charge in [-0.2, -0.15) is 0 Å². The van der Waals surface area contributed by atoms with E-state index in [1.54, 1.807) is 42.5 Å². The van der Waals surface area contributed by atoms with Crippen LogP contribution in [0.15, 0.2) is 54.6 Å². The maximum Gasteiger partial charge on any atom is 0.318 e. The summed E-state index contributed by atoms with van der Waals surface area (Å²) in [5.41, 5.74) is 1.24. The van der Waals surface area contributed by atoms with Crippen molar-refractivity contribution in [3.63, 3.8) is 0 Å². The summed E-state index contributed by atoms with van der Waals surface area (Å²) in [7, 11) is 1.49. The Morgan fingerprint density at radius 2 is 1.72 bits per heavy atom. The van der Waals surface area contributed by atoms with E-state index in [-0.39, 0.29) is 11.7 Å². The number of urea groups is 1. The predicted octanol–water partition coefficient (Wildman–Crippen LogP) is 3.00. The van der Waals surface area contributed by atoms with Gasteiger partial charge in [0.1, 0.15) is 0 Å². The maximum absolute atomic E-state index is 12.0. The van der Waals surface area contributed by atoms with Gasteiger partial charge in [0.25, 0.3) is 5.69 Å². The molecule has 0 heterocycles. The lowest BCUT2D eigenvalue weighted by molar-refractivity contribution is -0.385. The predicted molar refractivity (Wildman–Crippen MR) is 95.3 cm³/mol. The van der Waals surface area contributed by atoms with E-state index in [9.17, 15) is 19.7 Å². The standard InChI is InChI=1S/C17H16N4O4/c1-18-17(23)20-14-7-4-6-13(11-14)19-16(22)10-9-12-5-2-3-8-15(12)21(24)25/h2-11H,1H3,(H,19,22)(H2,18,20,23)/b10-9+. The molecule has 0 saturated heterocycles. The van der Waals surface area contributed by atoms with Crippen molar-refractivity contribution in [2.75, 3.05) is 17.7 Å². The minimum Gasteiger partial charge on any atom is -0.341 e. The summed E-state index contributed by atoms with van der Waals surface area (Å²) in [5, 5.41) is 18.6. The Morgan fingerprint density at radius 3 is 2.40 bits per heavy atom. The van der Waals surface area contributed by atoms with Crippen molar-refractivity contribution in [1.29, 1.82) is 0 Å². The normalized spacial score (nSPS) is 10.3. The third-order valence-corrected chi connectivity index (χ3v) is 3.16. The summed E-state index contributed by atoms with van der Waals surface area (Å²) in [6, 6.07) is 12.3. The minimum absolute atomic E-state index is 0.0803. The summed E-state index contributed by atoms with van der Waals surface area (Å²) < 4.78 is 0. The molecule has 8 heteroatoms. The first-order valence-electron chi connectivity index (χ1n) is 7.31. The van der Waals surface area contributed by atoms with Crippen molar-refractivity contribution in [1.82, 2.24) is 5.32 Å². The van der Waals surface area contributed by atoms with Gasteiger partial charge in [-0.3, -0.25) is 14.9 Å². The fourth-order valence-electron chi connectivity index (χ4n) is 2.01. The Balaban J connectivity index is 2.07. The van der Waals surface area contributed by atoms with E-state index in [1.807, 2.05) is 0 Å². The first kappa shape index (κ1) is 17.7. The molecule has 0 atom stereocenters. The molecule has 0 spiro atoms. The first-order valence-corrected chi connectivity index (χ1v) is 7.31. The Hall–Kier alpha value is -3.68. The van der Waals surface area contributed by atoms with Crippen molar-refractivity contribution >= 4 is 35.1 Å². The number of nitrogens with one attached hydrogen (secondary N) is 3. The van der Waals surface area contributed by atoms with Crippen LogP contribution in [-0.4, -0.2) is 23.9 Å². The van der Waals surface area contributed by atoms with E-state index < -0.39 is 10.8 Å². The fourth-order valence-corrected chi connectivity index (χ4v) is 2.01. The van der Waals surface area contributed by atoms with E-state index in [4.69, 9.17) is 0 Å². The SMILES string of the molecule is CNC(=O)Nc1cccc(NC(=O)/C=C/c2ccccc2[N+](=O)[O-])c1. The van der Waals surface area contributed by atoms with Crippen LogP contribution in [0.4, 0.5) is 21.9 Å². The highest BCUT2D eigenvalue weighted by atomic mass is 16.6. The minimum atomic E-state index is -0.508. The fraction of sp³-hybridized carbons (Fsp3) is 0.0588. The lowest BCUT2D eigenvalue weighted by Gasteiger charge is -2.07.